The first kappa shape index (κ1) is 6.22. The molecule has 0 saturated heterocycles. The van der Waals surface area contributed by atoms with Gasteiger partial charge in [0, 0.05) is 12.3 Å². The van der Waals surface area contributed by atoms with Gasteiger partial charge in [0.25, 0.3) is 0 Å². The Morgan fingerprint density at radius 3 is 2.64 bits per heavy atom. The van der Waals surface area contributed by atoms with Crippen LogP contribution >= 0.6 is 0 Å². The van der Waals surface area contributed by atoms with Crippen LogP contribution in [0.25, 0.3) is 0 Å². The molecule has 0 heterocycles. The van der Waals surface area contributed by atoms with Crippen LogP contribution < -0.4 is 0 Å². The molecule has 11 heavy (non-hydrogen) atoms. The van der Waals surface area contributed by atoms with Gasteiger partial charge in [-0.1, -0.05) is 0 Å². The molecule has 0 amide bonds. The fourth-order valence-electron chi connectivity index (χ4n) is 3.53. The highest BCUT2D eigenvalue weighted by Gasteiger charge is 2.52. The van der Waals surface area contributed by atoms with Crippen molar-refractivity contribution >= 4 is 5.78 Å². The third-order valence-electron chi connectivity index (χ3n) is 4.24. The van der Waals surface area contributed by atoms with Crippen molar-refractivity contribution < 1.29 is 4.79 Å². The second-order valence-corrected chi connectivity index (χ2v) is 4.51. The second kappa shape index (κ2) is 1.88. The van der Waals surface area contributed by atoms with Gasteiger partial charge in [0.2, 0.25) is 0 Å². The summed E-state index contributed by atoms with van der Waals surface area (Å²) in [5, 5.41) is 0. The van der Waals surface area contributed by atoms with Gasteiger partial charge < -0.3 is 0 Å². The van der Waals surface area contributed by atoms with Gasteiger partial charge in [0.15, 0.2) is 0 Å². The summed E-state index contributed by atoms with van der Waals surface area (Å²) in [6.45, 7) is 0. The van der Waals surface area contributed by atoms with E-state index in [0.717, 1.165) is 24.2 Å². The summed E-state index contributed by atoms with van der Waals surface area (Å²) in [5.41, 5.74) is 0. The molecule has 3 aliphatic rings. The Balaban J connectivity index is 1.94. The molecule has 3 rings (SSSR count). The third-order valence-corrected chi connectivity index (χ3v) is 4.24. The minimum absolute atomic E-state index is 0.521. The Hall–Kier alpha value is -0.330. The van der Waals surface area contributed by atoms with Gasteiger partial charge in [-0.3, -0.25) is 4.79 Å². The number of carbonyl (C=O) groups is 1. The van der Waals surface area contributed by atoms with Gasteiger partial charge >= 0.3 is 0 Å². The molecule has 3 saturated carbocycles. The predicted octanol–water partition coefficient (Wildman–Crippen LogP) is 2.01. The normalized spacial score (nSPS) is 53.6. The summed E-state index contributed by atoms with van der Waals surface area (Å²) in [6.07, 6.45) is 6.17. The van der Waals surface area contributed by atoms with Crippen molar-refractivity contribution in [1.82, 2.24) is 0 Å². The van der Waals surface area contributed by atoms with Crippen LogP contribution in [-0.2, 0) is 4.79 Å². The van der Waals surface area contributed by atoms with Crippen molar-refractivity contribution in [2.24, 2.45) is 23.7 Å². The molecule has 0 aromatic rings. The molecule has 0 N–H and O–H groups in total. The molecule has 0 aromatic heterocycles. The van der Waals surface area contributed by atoms with Gasteiger partial charge in [-0.05, 0) is 43.4 Å². The first-order chi connectivity index (χ1) is 5.36. The number of ketones is 1. The zero-order valence-electron chi connectivity index (χ0n) is 6.75. The third kappa shape index (κ3) is 0.646. The zero-order chi connectivity index (χ0) is 7.42. The summed E-state index contributed by atoms with van der Waals surface area (Å²) in [5.74, 6) is 3.89. The van der Waals surface area contributed by atoms with Gasteiger partial charge in [-0.2, -0.15) is 0 Å². The second-order valence-electron chi connectivity index (χ2n) is 4.51. The van der Waals surface area contributed by atoms with Crippen molar-refractivity contribution in [3.8, 4) is 0 Å². The quantitative estimate of drug-likeness (QED) is 0.516. The van der Waals surface area contributed by atoms with Crippen molar-refractivity contribution in [1.29, 1.82) is 0 Å². The van der Waals surface area contributed by atoms with Crippen molar-refractivity contribution in [3.05, 3.63) is 0 Å². The Morgan fingerprint density at radius 2 is 1.91 bits per heavy atom. The van der Waals surface area contributed by atoms with E-state index in [2.05, 4.69) is 0 Å². The Kier molecular flexibility index (Phi) is 1.06. The minimum atomic E-state index is 0.521. The van der Waals surface area contributed by atoms with Crippen LogP contribution in [0.1, 0.15) is 32.1 Å². The number of hydrogen-bond acceptors (Lipinski definition) is 1. The molecule has 4 unspecified atom stereocenters. The number of rotatable bonds is 0. The van der Waals surface area contributed by atoms with E-state index in [9.17, 15) is 4.79 Å². The minimum Gasteiger partial charge on any atom is -0.299 e. The summed E-state index contributed by atoms with van der Waals surface area (Å²) in [4.78, 5) is 11.4. The van der Waals surface area contributed by atoms with E-state index in [0.29, 0.717) is 11.7 Å². The number of hydrogen-bond donors (Lipinski definition) is 0. The van der Waals surface area contributed by atoms with Gasteiger partial charge in [-0.25, -0.2) is 0 Å². The topological polar surface area (TPSA) is 17.1 Å². The van der Waals surface area contributed by atoms with Crippen LogP contribution in [0.5, 0.6) is 0 Å². The van der Waals surface area contributed by atoms with E-state index in [4.69, 9.17) is 0 Å². The fraction of sp³-hybridized carbons (Fsp3) is 0.900. The average Bonchev–Trinajstić information content (AvgIpc) is 2.12. The summed E-state index contributed by atoms with van der Waals surface area (Å²) >= 11 is 0. The molecular weight excluding hydrogens is 136 g/mol. The molecule has 0 spiro atoms. The first-order valence-electron chi connectivity index (χ1n) is 4.89. The van der Waals surface area contributed by atoms with Gasteiger partial charge in [0.1, 0.15) is 5.78 Å². The molecule has 0 radical (unpaired) electrons. The van der Waals surface area contributed by atoms with Crippen molar-refractivity contribution in [2.45, 2.75) is 32.1 Å². The largest absolute Gasteiger partial charge is 0.299 e. The lowest BCUT2D eigenvalue weighted by atomic mass is 9.71. The van der Waals surface area contributed by atoms with E-state index < -0.39 is 0 Å². The molecule has 1 nitrogen and oxygen atoms in total. The molecule has 4 atom stereocenters. The van der Waals surface area contributed by atoms with Crippen LogP contribution in [0.2, 0.25) is 0 Å². The highest BCUT2D eigenvalue weighted by atomic mass is 16.1. The average molecular weight is 150 g/mol. The van der Waals surface area contributed by atoms with Crippen molar-refractivity contribution in [2.75, 3.05) is 0 Å². The number of carbonyl (C=O) groups excluding carboxylic acids is 1. The Labute approximate surface area is 67.2 Å². The lowest BCUT2D eigenvalue weighted by molar-refractivity contribution is -0.125. The lowest BCUT2D eigenvalue weighted by Crippen LogP contribution is -2.28. The number of fused-ring (bicyclic) bond motifs is 5. The molecular formula is C10H14O. The Bertz CT molecular complexity index is 209. The van der Waals surface area contributed by atoms with E-state index in [-0.39, 0.29) is 0 Å². The highest BCUT2D eigenvalue weighted by molar-refractivity contribution is 5.82. The summed E-state index contributed by atoms with van der Waals surface area (Å²) in [7, 11) is 0. The molecule has 3 fully saturated rings. The fourth-order valence-corrected chi connectivity index (χ4v) is 3.53. The van der Waals surface area contributed by atoms with Crippen LogP contribution in [0, 0.1) is 23.7 Å². The summed E-state index contributed by atoms with van der Waals surface area (Å²) in [6, 6.07) is 0. The van der Waals surface area contributed by atoms with Crippen molar-refractivity contribution in [3.63, 3.8) is 0 Å². The predicted molar refractivity (Wildman–Crippen MR) is 42.1 cm³/mol. The molecule has 0 aromatic carbocycles. The SMILES string of the molecule is O=C1CCC2CC1C1CCC21. The van der Waals surface area contributed by atoms with Gasteiger partial charge in [0.05, 0.1) is 0 Å². The molecule has 2 bridgehead atoms. The van der Waals surface area contributed by atoms with E-state index in [1.807, 2.05) is 0 Å². The van der Waals surface area contributed by atoms with Crippen LogP contribution in [0.4, 0.5) is 0 Å². The standard InChI is InChI=1S/C10H14O/c11-10-4-1-6-5-9(10)8-3-2-7(6)8/h6-9H,1-5H2. The monoisotopic (exact) mass is 150 g/mol. The van der Waals surface area contributed by atoms with E-state index in [1.54, 1.807) is 0 Å². The van der Waals surface area contributed by atoms with E-state index in [1.165, 1.54) is 25.7 Å². The maximum Gasteiger partial charge on any atom is 0.136 e. The summed E-state index contributed by atoms with van der Waals surface area (Å²) < 4.78 is 0. The number of Topliss-reactive ketones (excluding diaryl/α,β-unsaturated/α-hetero) is 1. The first-order valence-corrected chi connectivity index (χ1v) is 4.89. The molecule has 0 aliphatic heterocycles. The maximum absolute atomic E-state index is 11.4. The highest BCUT2D eigenvalue weighted by Crippen LogP contribution is 2.57. The zero-order valence-corrected chi connectivity index (χ0v) is 6.75. The van der Waals surface area contributed by atoms with Crippen LogP contribution in [0.15, 0.2) is 0 Å². The molecule has 3 aliphatic carbocycles. The Morgan fingerprint density at radius 1 is 1.09 bits per heavy atom. The van der Waals surface area contributed by atoms with Crippen LogP contribution in [0.3, 0.4) is 0 Å². The van der Waals surface area contributed by atoms with Gasteiger partial charge in [-0.15, -0.1) is 0 Å². The van der Waals surface area contributed by atoms with E-state index >= 15 is 0 Å². The smallest absolute Gasteiger partial charge is 0.136 e. The van der Waals surface area contributed by atoms with Crippen LogP contribution in [-0.4, -0.2) is 5.78 Å². The maximum atomic E-state index is 11.4. The lowest BCUT2D eigenvalue weighted by Gasteiger charge is -2.34. The molecule has 60 valence electrons. The molecule has 1 heteroatoms.